The fourth-order valence-electron chi connectivity index (χ4n) is 4.36. The molecule has 0 bridgehead atoms. The highest BCUT2D eigenvalue weighted by atomic mass is 32.1. The highest BCUT2D eigenvalue weighted by molar-refractivity contribution is 7.80. The third kappa shape index (κ3) is 3.97. The van der Waals surface area contributed by atoms with E-state index in [2.05, 4.69) is 63.7 Å². The largest absolute Gasteiger partial charge is 0.352 e. The van der Waals surface area contributed by atoms with Gasteiger partial charge >= 0.3 is 0 Å². The van der Waals surface area contributed by atoms with E-state index < -0.39 is 0 Å². The van der Waals surface area contributed by atoms with Gasteiger partial charge in [0.15, 0.2) is 5.11 Å². The van der Waals surface area contributed by atoms with Gasteiger partial charge in [-0.3, -0.25) is 9.97 Å². The number of pyridine rings is 2. The van der Waals surface area contributed by atoms with E-state index in [1.165, 1.54) is 22.5 Å². The van der Waals surface area contributed by atoms with Crippen LogP contribution in [0.2, 0.25) is 0 Å². The quantitative estimate of drug-likeness (QED) is 0.562. The standard InChI is InChI=1S/C24H29N5S/c1-4-5-13-28-23(22(27-24(28)30)21-10-6-7-12-26-21)20-14-17(2)29(18(20)3)16-19-9-8-11-25-15-19/h6-12,14-15,22-23H,4-5,13,16H2,1-3H3,(H,27,30)/t22-,23+/m1/s1. The number of aryl methyl sites for hydroxylation is 1. The average molecular weight is 420 g/mol. The minimum Gasteiger partial charge on any atom is -0.352 e. The summed E-state index contributed by atoms with van der Waals surface area (Å²) in [6.07, 6.45) is 7.87. The molecule has 0 saturated carbocycles. The number of unbranched alkanes of at least 4 members (excludes halogenated alkanes) is 1. The van der Waals surface area contributed by atoms with Gasteiger partial charge in [-0.15, -0.1) is 0 Å². The van der Waals surface area contributed by atoms with Crippen molar-refractivity contribution in [2.45, 2.75) is 52.2 Å². The van der Waals surface area contributed by atoms with E-state index in [0.29, 0.717) is 0 Å². The molecule has 0 amide bonds. The summed E-state index contributed by atoms with van der Waals surface area (Å²) in [6.45, 7) is 8.38. The van der Waals surface area contributed by atoms with Gasteiger partial charge in [0.25, 0.3) is 0 Å². The van der Waals surface area contributed by atoms with Crippen LogP contribution in [0.3, 0.4) is 0 Å². The zero-order valence-electron chi connectivity index (χ0n) is 17.9. The third-order valence-electron chi connectivity index (χ3n) is 5.95. The lowest BCUT2D eigenvalue weighted by Crippen LogP contribution is -2.30. The molecule has 0 spiro atoms. The molecule has 2 atom stereocenters. The Labute approximate surface area is 184 Å². The van der Waals surface area contributed by atoms with Crippen LogP contribution in [0.1, 0.15) is 60.1 Å². The smallest absolute Gasteiger partial charge is 0.170 e. The van der Waals surface area contributed by atoms with Crippen molar-refractivity contribution < 1.29 is 0 Å². The summed E-state index contributed by atoms with van der Waals surface area (Å²) in [7, 11) is 0. The molecular formula is C24H29N5S. The van der Waals surface area contributed by atoms with Crippen LogP contribution in [0.5, 0.6) is 0 Å². The minimum atomic E-state index is 0.0444. The summed E-state index contributed by atoms with van der Waals surface area (Å²) in [5, 5.41) is 4.38. The van der Waals surface area contributed by atoms with Gasteiger partial charge in [-0.25, -0.2) is 0 Å². The van der Waals surface area contributed by atoms with E-state index in [0.717, 1.165) is 36.7 Å². The molecule has 1 aliphatic heterocycles. The van der Waals surface area contributed by atoms with Gasteiger partial charge in [0.2, 0.25) is 0 Å². The molecule has 1 aliphatic rings. The second kappa shape index (κ2) is 8.96. The number of hydrogen-bond acceptors (Lipinski definition) is 3. The maximum absolute atomic E-state index is 5.77. The topological polar surface area (TPSA) is 46.0 Å². The van der Waals surface area contributed by atoms with E-state index in [-0.39, 0.29) is 12.1 Å². The summed E-state index contributed by atoms with van der Waals surface area (Å²) in [5.74, 6) is 0. The first-order valence-corrected chi connectivity index (χ1v) is 11.0. The Morgan fingerprint density at radius 3 is 2.70 bits per heavy atom. The van der Waals surface area contributed by atoms with E-state index in [4.69, 9.17) is 12.2 Å². The van der Waals surface area contributed by atoms with Crippen LogP contribution in [0.25, 0.3) is 0 Å². The Kier molecular flexibility index (Phi) is 6.13. The molecule has 4 rings (SSSR count). The van der Waals surface area contributed by atoms with Crippen molar-refractivity contribution in [1.29, 1.82) is 0 Å². The molecule has 3 aromatic heterocycles. The third-order valence-corrected chi connectivity index (χ3v) is 6.30. The molecule has 6 heteroatoms. The molecular weight excluding hydrogens is 390 g/mol. The Bertz CT molecular complexity index is 999. The van der Waals surface area contributed by atoms with Crippen molar-refractivity contribution in [3.63, 3.8) is 0 Å². The first-order chi connectivity index (χ1) is 14.6. The van der Waals surface area contributed by atoms with Crippen molar-refractivity contribution in [3.05, 3.63) is 83.2 Å². The number of nitrogens with zero attached hydrogens (tertiary/aromatic N) is 4. The van der Waals surface area contributed by atoms with E-state index in [9.17, 15) is 0 Å². The lowest BCUT2D eigenvalue weighted by atomic mass is 9.96. The molecule has 4 heterocycles. The average Bonchev–Trinajstić information content (AvgIpc) is 3.24. The van der Waals surface area contributed by atoms with Crippen molar-refractivity contribution in [2.24, 2.45) is 0 Å². The number of rotatable bonds is 7. The van der Waals surface area contributed by atoms with E-state index in [1.807, 2.05) is 36.8 Å². The molecule has 1 saturated heterocycles. The molecule has 0 unspecified atom stereocenters. The van der Waals surface area contributed by atoms with Crippen molar-refractivity contribution in [2.75, 3.05) is 6.54 Å². The minimum absolute atomic E-state index is 0.0444. The Morgan fingerprint density at radius 1 is 1.13 bits per heavy atom. The fourth-order valence-corrected chi connectivity index (χ4v) is 4.69. The molecule has 5 nitrogen and oxygen atoms in total. The maximum Gasteiger partial charge on any atom is 0.170 e. The summed E-state index contributed by atoms with van der Waals surface area (Å²) in [5.41, 5.74) is 6.07. The lowest BCUT2D eigenvalue weighted by molar-refractivity contribution is 0.311. The number of aromatic nitrogens is 3. The summed E-state index contributed by atoms with van der Waals surface area (Å²) >= 11 is 5.77. The predicted octanol–water partition coefficient (Wildman–Crippen LogP) is 4.72. The molecule has 156 valence electrons. The first kappa shape index (κ1) is 20.5. The SMILES string of the molecule is CCCCN1C(=S)N[C@H](c2ccccn2)[C@@H]1c1cc(C)n(Cc2cccnc2)c1C. The Balaban J connectivity index is 1.74. The number of nitrogens with one attached hydrogen (secondary N) is 1. The van der Waals surface area contributed by atoms with Crippen LogP contribution >= 0.6 is 12.2 Å². The van der Waals surface area contributed by atoms with Gasteiger partial charge in [0, 0.05) is 43.1 Å². The monoisotopic (exact) mass is 419 g/mol. The van der Waals surface area contributed by atoms with E-state index >= 15 is 0 Å². The van der Waals surface area contributed by atoms with Crippen LogP contribution in [0.4, 0.5) is 0 Å². The Morgan fingerprint density at radius 2 is 2.00 bits per heavy atom. The van der Waals surface area contributed by atoms with Crippen LogP contribution in [0.15, 0.2) is 55.0 Å². The zero-order chi connectivity index (χ0) is 21.1. The van der Waals surface area contributed by atoms with E-state index in [1.54, 1.807) is 0 Å². The second-order valence-electron chi connectivity index (χ2n) is 7.95. The molecule has 1 N–H and O–H groups in total. The highest BCUT2D eigenvalue weighted by Gasteiger charge is 2.40. The second-order valence-corrected chi connectivity index (χ2v) is 8.33. The van der Waals surface area contributed by atoms with Crippen molar-refractivity contribution in [3.8, 4) is 0 Å². The normalized spacial score (nSPS) is 18.6. The maximum atomic E-state index is 5.77. The van der Waals surface area contributed by atoms with Gasteiger partial charge < -0.3 is 14.8 Å². The summed E-state index contributed by atoms with van der Waals surface area (Å²) in [6, 6.07) is 12.7. The first-order valence-electron chi connectivity index (χ1n) is 10.6. The molecule has 0 aliphatic carbocycles. The number of hydrogen-bond donors (Lipinski definition) is 1. The molecule has 0 aromatic carbocycles. The fraction of sp³-hybridized carbons (Fsp3) is 0.375. The summed E-state index contributed by atoms with van der Waals surface area (Å²) < 4.78 is 2.38. The molecule has 3 aromatic rings. The van der Waals surface area contributed by atoms with Crippen molar-refractivity contribution in [1.82, 2.24) is 24.8 Å². The van der Waals surface area contributed by atoms with Gasteiger partial charge in [0.1, 0.15) is 0 Å². The van der Waals surface area contributed by atoms with Crippen LogP contribution < -0.4 is 5.32 Å². The van der Waals surface area contributed by atoms with Gasteiger partial charge in [-0.2, -0.15) is 0 Å². The summed E-state index contributed by atoms with van der Waals surface area (Å²) in [4.78, 5) is 11.3. The Hall–Kier alpha value is -2.73. The molecule has 30 heavy (non-hydrogen) atoms. The lowest BCUT2D eigenvalue weighted by Gasteiger charge is -2.28. The van der Waals surface area contributed by atoms with Crippen LogP contribution in [-0.2, 0) is 6.54 Å². The predicted molar refractivity (Wildman–Crippen MR) is 124 cm³/mol. The molecule has 0 radical (unpaired) electrons. The van der Waals surface area contributed by atoms with Crippen LogP contribution in [0, 0.1) is 13.8 Å². The van der Waals surface area contributed by atoms with Crippen LogP contribution in [-0.4, -0.2) is 31.1 Å². The van der Waals surface area contributed by atoms with Crippen molar-refractivity contribution >= 4 is 17.3 Å². The zero-order valence-corrected chi connectivity index (χ0v) is 18.7. The van der Waals surface area contributed by atoms with Gasteiger partial charge in [-0.05, 0) is 67.9 Å². The van der Waals surface area contributed by atoms with Gasteiger partial charge in [-0.1, -0.05) is 25.5 Å². The molecule has 1 fully saturated rings. The van der Waals surface area contributed by atoms with Gasteiger partial charge in [0.05, 0.1) is 17.8 Å². The number of thiocarbonyl (C=S) groups is 1. The highest BCUT2D eigenvalue weighted by Crippen LogP contribution is 2.41.